The summed E-state index contributed by atoms with van der Waals surface area (Å²) < 4.78 is 11.3. The molecular weight excluding hydrogens is 226 g/mol. The van der Waals surface area contributed by atoms with E-state index >= 15 is 0 Å². The molecule has 18 heavy (non-hydrogen) atoms. The van der Waals surface area contributed by atoms with Gasteiger partial charge in [-0.05, 0) is 40.0 Å². The Kier molecular flexibility index (Phi) is 6.61. The Morgan fingerprint density at radius 1 is 1.28 bits per heavy atom. The van der Waals surface area contributed by atoms with Crippen molar-refractivity contribution in [3.63, 3.8) is 0 Å². The van der Waals surface area contributed by atoms with Crippen LogP contribution in [-0.2, 0) is 9.47 Å². The van der Waals surface area contributed by atoms with Gasteiger partial charge in [-0.15, -0.1) is 0 Å². The molecule has 0 aromatic carbocycles. The molecule has 1 aliphatic heterocycles. The highest BCUT2D eigenvalue weighted by atomic mass is 16.5. The number of unbranched alkanes of at least 4 members (excludes halogenated alkanes) is 1. The lowest BCUT2D eigenvalue weighted by molar-refractivity contribution is 0.0760. The molecule has 0 radical (unpaired) electrons. The second kappa shape index (κ2) is 7.46. The molecule has 0 saturated carbocycles. The van der Waals surface area contributed by atoms with Crippen molar-refractivity contribution in [3.8, 4) is 0 Å². The monoisotopic (exact) mass is 257 g/mol. The van der Waals surface area contributed by atoms with E-state index in [1.54, 1.807) is 0 Å². The Bertz CT molecular complexity index is 217. The van der Waals surface area contributed by atoms with Crippen LogP contribution >= 0.6 is 0 Å². The third-order valence-electron chi connectivity index (χ3n) is 3.60. The molecule has 1 heterocycles. The van der Waals surface area contributed by atoms with Crippen LogP contribution in [0.25, 0.3) is 0 Å². The lowest BCUT2D eigenvalue weighted by Crippen LogP contribution is -2.44. The van der Waals surface area contributed by atoms with Crippen molar-refractivity contribution in [3.05, 3.63) is 0 Å². The van der Waals surface area contributed by atoms with Gasteiger partial charge in [0.25, 0.3) is 0 Å². The van der Waals surface area contributed by atoms with Crippen LogP contribution < -0.4 is 5.32 Å². The van der Waals surface area contributed by atoms with Gasteiger partial charge in [-0.2, -0.15) is 0 Å². The molecule has 1 unspecified atom stereocenters. The zero-order valence-corrected chi connectivity index (χ0v) is 12.7. The summed E-state index contributed by atoms with van der Waals surface area (Å²) >= 11 is 0. The van der Waals surface area contributed by atoms with E-state index in [1.165, 1.54) is 12.8 Å². The van der Waals surface area contributed by atoms with E-state index in [9.17, 15) is 0 Å². The SMILES string of the molecule is CCCCOCCC1(CNC(C)(C)C)CCOC1. The molecule has 0 aromatic heterocycles. The third kappa shape index (κ3) is 6.17. The number of ether oxygens (including phenoxy) is 2. The van der Waals surface area contributed by atoms with Gasteiger partial charge in [0.05, 0.1) is 6.61 Å². The van der Waals surface area contributed by atoms with Gasteiger partial charge in [-0.1, -0.05) is 13.3 Å². The van der Waals surface area contributed by atoms with Crippen molar-refractivity contribution < 1.29 is 9.47 Å². The Labute approximate surface area is 113 Å². The first-order valence-corrected chi connectivity index (χ1v) is 7.38. The van der Waals surface area contributed by atoms with Crippen LogP contribution in [-0.4, -0.2) is 38.5 Å². The Balaban J connectivity index is 2.29. The van der Waals surface area contributed by atoms with Crippen molar-refractivity contribution in [2.24, 2.45) is 5.41 Å². The highest BCUT2D eigenvalue weighted by Crippen LogP contribution is 2.32. The topological polar surface area (TPSA) is 30.5 Å². The van der Waals surface area contributed by atoms with Gasteiger partial charge in [0.2, 0.25) is 0 Å². The average molecular weight is 257 g/mol. The Morgan fingerprint density at radius 2 is 2.06 bits per heavy atom. The Hall–Kier alpha value is -0.120. The van der Waals surface area contributed by atoms with E-state index in [2.05, 4.69) is 33.0 Å². The normalized spacial score (nSPS) is 24.7. The summed E-state index contributed by atoms with van der Waals surface area (Å²) in [6.07, 6.45) is 4.65. The van der Waals surface area contributed by atoms with E-state index in [0.717, 1.165) is 45.8 Å². The van der Waals surface area contributed by atoms with Crippen molar-refractivity contribution in [1.29, 1.82) is 0 Å². The molecule has 0 bridgehead atoms. The van der Waals surface area contributed by atoms with Crippen LogP contribution in [0.15, 0.2) is 0 Å². The summed E-state index contributed by atoms with van der Waals surface area (Å²) in [6.45, 7) is 13.4. The molecule has 1 fully saturated rings. The zero-order chi connectivity index (χ0) is 13.5. The van der Waals surface area contributed by atoms with Crippen LogP contribution in [0.4, 0.5) is 0 Å². The standard InChI is InChI=1S/C15H31NO2/c1-5-6-9-17-10-7-15(8-11-18-13-15)12-16-14(2,3)4/h16H,5-13H2,1-4H3. The fraction of sp³-hybridized carbons (Fsp3) is 1.00. The maximum Gasteiger partial charge on any atom is 0.0536 e. The zero-order valence-electron chi connectivity index (χ0n) is 12.7. The molecule has 1 aliphatic rings. The predicted molar refractivity (Wildman–Crippen MR) is 76.0 cm³/mol. The summed E-state index contributed by atoms with van der Waals surface area (Å²) in [5.74, 6) is 0. The molecule has 1 rings (SSSR count). The number of rotatable bonds is 8. The molecule has 1 saturated heterocycles. The highest BCUT2D eigenvalue weighted by Gasteiger charge is 2.35. The second-order valence-electron chi connectivity index (χ2n) is 6.62. The number of hydrogen-bond acceptors (Lipinski definition) is 3. The molecule has 0 spiro atoms. The van der Waals surface area contributed by atoms with E-state index in [1.807, 2.05) is 0 Å². The van der Waals surface area contributed by atoms with Gasteiger partial charge >= 0.3 is 0 Å². The maximum atomic E-state index is 5.71. The fourth-order valence-electron chi connectivity index (χ4n) is 2.16. The highest BCUT2D eigenvalue weighted by molar-refractivity contribution is 4.87. The summed E-state index contributed by atoms with van der Waals surface area (Å²) in [4.78, 5) is 0. The molecule has 0 amide bonds. The number of nitrogens with one attached hydrogen (secondary N) is 1. The first-order chi connectivity index (χ1) is 8.47. The third-order valence-corrected chi connectivity index (χ3v) is 3.60. The van der Waals surface area contributed by atoms with Crippen molar-refractivity contribution in [2.45, 2.75) is 58.9 Å². The van der Waals surface area contributed by atoms with Crippen LogP contribution in [0.5, 0.6) is 0 Å². The van der Waals surface area contributed by atoms with Crippen molar-refractivity contribution in [2.75, 3.05) is 33.0 Å². The molecule has 1 N–H and O–H groups in total. The molecule has 108 valence electrons. The van der Waals surface area contributed by atoms with E-state index in [-0.39, 0.29) is 5.54 Å². The summed E-state index contributed by atoms with van der Waals surface area (Å²) in [7, 11) is 0. The Morgan fingerprint density at radius 3 is 2.61 bits per heavy atom. The molecule has 0 aromatic rings. The maximum absolute atomic E-state index is 5.71. The average Bonchev–Trinajstić information content (AvgIpc) is 2.75. The first-order valence-electron chi connectivity index (χ1n) is 7.38. The molecular formula is C15H31NO2. The van der Waals surface area contributed by atoms with Gasteiger partial charge in [-0.3, -0.25) is 0 Å². The predicted octanol–water partition coefficient (Wildman–Crippen LogP) is 2.99. The van der Waals surface area contributed by atoms with Crippen molar-refractivity contribution in [1.82, 2.24) is 5.32 Å². The fourth-order valence-corrected chi connectivity index (χ4v) is 2.16. The van der Waals surface area contributed by atoms with Gasteiger partial charge < -0.3 is 14.8 Å². The van der Waals surface area contributed by atoms with E-state index < -0.39 is 0 Å². The minimum Gasteiger partial charge on any atom is -0.381 e. The van der Waals surface area contributed by atoms with Crippen LogP contribution in [0.1, 0.15) is 53.4 Å². The molecule has 1 atom stereocenters. The van der Waals surface area contributed by atoms with Crippen LogP contribution in [0.3, 0.4) is 0 Å². The van der Waals surface area contributed by atoms with Gasteiger partial charge in [0.15, 0.2) is 0 Å². The largest absolute Gasteiger partial charge is 0.381 e. The van der Waals surface area contributed by atoms with Gasteiger partial charge in [0, 0.05) is 37.3 Å². The van der Waals surface area contributed by atoms with E-state index in [0.29, 0.717) is 5.41 Å². The smallest absolute Gasteiger partial charge is 0.0536 e. The molecule has 3 heteroatoms. The minimum absolute atomic E-state index is 0.179. The lowest BCUT2D eigenvalue weighted by atomic mass is 9.83. The van der Waals surface area contributed by atoms with Crippen LogP contribution in [0.2, 0.25) is 0 Å². The second-order valence-corrected chi connectivity index (χ2v) is 6.62. The summed E-state index contributed by atoms with van der Waals surface area (Å²) in [6, 6.07) is 0. The first kappa shape index (κ1) is 15.9. The summed E-state index contributed by atoms with van der Waals surface area (Å²) in [5.41, 5.74) is 0.470. The van der Waals surface area contributed by atoms with Crippen molar-refractivity contribution >= 4 is 0 Å². The quantitative estimate of drug-likeness (QED) is 0.678. The van der Waals surface area contributed by atoms with Gasteiger partial charge in [0.1, 0.15) is 0 Å². The van der Waals surface area contributed by atoms with Gasteiger partial charge in [-0.25, -0.2) is 0 Å². The molecule has 0 aliphatic carbocycles. The minimum atomic E-state index is 0.179. The van der Waals surface area contributed by atoms with E-state index in [4.69, 9.17) is 9.47 Å². The number of hydrogen-bond donors (Lipinski definition) is 1. The summed E-state index contributed by atoms with van der Waals surface area (Å²) in [5, 5.41) is 3.62. The molecule has 3 nitrogen and oxygen atoms in total. The van der Waals surface area contributed by atoms with Crippen LogP contribution in [0, 0.1) is 5.41 Å². The lowest BCUT2D eigenvalue weighted by Gasteiger charge is -2.32.